The van der Waals surface area contributed by atoms with Crippen LogP contribution in [0.1, 0.15) is 29.2 Å². The Morgan fingerprint density at radius 1 is 1.28 bits per heavy atom. The van der Waals surface area contributed by atoms with E-state index < -0.39 is 0 Å². The van der Waals surface area contributed by atoms with Crippen LogP contribution in [0.15, 0.2) is 36.0 Å². The van der Waals surface area contributed by atoms with Gasteiger partial charge in [-0.05, 0) is 30.4 Å². The third-order valence-corrected chi connectivity index (χ3v) is 6.38. The molecule has 5 heterocycles. The van der Waals surface area contributed by atoms with E-state index >= 15 is 0 Å². The number of likely N-dealkylation sites (tertiary alicyclic amines) is 1. The molecule has 6 nitrogen and oxygen atoms in total. The van der Waals surface area contributed by atoms with E-state index in [0.29, 0.717) is 5.69 Å². The molecule has 1 fully saturated rings. The first-order valence-corrected chi connectivity index (χ1v) is 9.43. The molecular formula is C18H19N5OS. The maximum absolute atomic E-state index is 12.7. The maximum Gasteiger partial charge on any atom is 0.274 e. The summed E-state index contributed by atoms with van der Waals surface area (Å²) < 4.78 is 4.02. The lowest BCUT2D eigenvalue weighted by molar-refractivity contribution is 0.0776. The molecule has 2 aliphatic rings. The zero-order valence-corrected chi connectivity index (χ0v) is 14.9. The summed E-state index contributed by atoms with van der Waals surface area (Å²) in [4.78, 5) is 20.7. The minimum Gasteiger partial charge on any atom is -0.336 e. The predicted molar refractivity (Wildman–Crippen MR) is 95.6 cm³/mol. The quantitative estimate of drug-likeness (QED) is 0.711. The van der Waals surface area contributed by atoms with Gasteiger partial charge in [-0.3, -0.25) is 9.48 Å². The van der Waals surface area contributed by atoms with Gasteiger partial charge >= 0.3 is 0 Å². The number of amides is 1. The van der Waals surface area contributed by atoms with Gasteiger partial charge < -0.3 is 9.47 Å². The summed E-state index contributed by atoms with van der Waals surface area (Å²) in [5, 5.41) is 6.36. The van der Waals surface area contributed by atoms with Crippen LogP contribution >= 0.6 is 11.3 Å². The Hall–Kier alpha value is -2.41. The molecule has 3 aromatic heterocycles. The summed E-state index contributed by atoms with van der Waals surface area (Å²) in [6.45, 7) is 2.49. The SMILES string of the molecule is Cn1ccc(C(=O)N2CC[C@@]3(CCn4c(-c5cccs5)cnc43)C2)n1. The molecule has 3 aromatic rings. The highest BCUT2D eigenvalue weighted by molar-refractivity contribution is 7.13. The van der Waals surface area contributed by atoms with Crippen LogP contribution in [0.25, 0.3) is 10.6 Å². The number of aryl methyl sites for hydroxylation is 1. The number of imidazole rings is 1. The fourth-order valence-corrected chi connectivity index (χ4v) is 4.95. The molecule has 7 heteroatoms. The van der Waals surface area contributed by atoms with Gasteiger partial charge in [0.05, 0.1) is 16.8 Å². The lowest BCUT2D eigenvalue weighted by Gasteiger charge is -2.22. The molecule has 2 aliphatic heterocycles. The van der Waals surface area contributed by atoms with E-state index in [2.05, 4.69) is 27.2 Å². The summed E-state index contributed by atoms with van der Waals surface area (Å²) in [5.41, 5.74) is 1.73. The van der Waals surface area contributed by atoms with Crippen LogP contribution in [0.5, 0.6) is 0 Å². The van der Waals surface area contributed by atoms with Crippen molar-refractivity contribution in [2.75, 3.05) is 13.1 Å². The first-order chi connectivity index (χ1) is 12.2. The summed E-state index contributed by atoms with van der Waals surface area (Å²) in [5.74, 6) is 1.17. The predicted octanol–water partition coefficient (Wildman–Crippen LogP) is 2.53. The summed E-state index contributed by atoms with van der Waals surface area (Å²) in [7, 11) is 1.84. The number of fused-ring (bicyclic) bond motifs is 2. The Bertz CT molecular complexity index is 941. The van der Waals surface area contributed by atoms with Crippen molar-refractivity contribution in [2.45, 2.75) is 24.8 Å². The number of carbonyl (C=O) groups is 1. The molecule has 128 valence electrons. The standard InChI is InChI=1S/C18H19N5OS/c1-21-7-4-13(20-21)16(24)22-8-5-18(12-22)6-9-23-14(11-19-17(18)23)15-3-2-10-25-15/h2-4,7,10-11H,5-6,8-9,12H2,1H3/t18-/m1/s1. The lowest BCUT2D eigenvalue weighted by Crippen LogP contribution is -2.34. The van der Waals surface area contributed by atoms with Gasteiger partial charge in [-0.2, -0.15) is 5.10 Å². The fraction of sp³-hybridized carbons (Fsp3) is 0.389. The van der Waals surface area contributed by atoms with Gasteiger partial charge in [-0.25, -0.2) is 4.98 Å². The molecule has 1 atom stereocenters. The van der Waals surface area contributed by atoms with Crippen molar-refractivity contribution in [3.05, 3.63) is 47.5 Å². The van der Waals surface area contributed by atoms with Gasteiger partial charge in [-0.15, -0.1) is 11.3 Å². The molecule has 0 aromatic carbocycles. The Labute approximate surface area is 149 Å². The van der Waals surface area contributed by atoms with Crippen LogP contribution in [0.2, 0.25) is 0 Å². The molecule has 25 heavy (non-hydrogen) atoms. The summed E-state index contributed by atoms with van der Waals surface area (Å²) in [6.07, 6.45) is 5.84. The summed E-state index contributed by atoms with van der Waals surface area (Å²) in [6, 6.07) is 6.01. The van der Waals surface area contributed by atoms with Crippen LogP contribution in [-0.2, 0) is 19.0 Å². The second-order valence-corrected chi connectivity index (χ2v) is 7.93. The second-order valence-electron chi connectivity index (χ2n) is 6.98. The second kappa shape index (κ2) is 5.29. The van der Waals surface area contributed by atoms with Crippen LogP contribution in [0, 0.1) is 0 Å². The van der Waals surface area contributed by atoms with E-state index in [0.717, 1.165) is 38.3 Å². The average molecular weight is 353 g/mol. The van der Waals surface area contributed by atoms with Gasteiger partial charge in [0.1, 0.15) is 11.5 Å². The van der Waals surface area contributed by atoms with E-state index in [1.54, 1.807) is 22.1 Å². The number of hydrogen-bond donors (Lipinski definition) is 0. The highest BCUT2D eigenvalue weighted by Gasteiger charge is 2.48. The molecule has 0 bridgehead atoms. The van der Waals surface area contributed by atoms with Gasteiger partial charge in [0.15, 0.2) is 0 Å². The topological polar surface area (TPSA) is 56.0 Å². The number of rotatable bonds is 2. The van der Waals surface area contributed by atoms with Gasteiger partial charge in [-0.1, -0.05) is 6.07 Å². The first kappa shape index (κ1) is 14.9. The Kier molecular flexibility index (Phi) is 3.15. The molecular weight excluding hydrogens is 334 g/mol. The Balaban J connectivity index is 1.43. The normalized spacial score (nSPS) is 22.0. The zero-order valence-electron chi connectivity index (χ0n) is 14.1. The lowest BCUT2D eigenvalue weighted by atomic mass is 9.85. The smallest absolute Gasteiger partial charge is 0.274 e. The van der Waals surface area contributed by atoms with E-state index in [1.807, 2.05) is 24.3 Å². The monoisotopic (exact) mass is 353 g/mol. The van der Waals surface area contributed by atoms with E-state index in [9.17, 15) is 4.79 Å². The minimum atomic E-state index is -0.0000497. The fourth-order valence-electron chi connectivity index (χ4n) is 4.21. The molecule has 0 unspecified atom stereocenters. The van der Waals surface area contributed by atoms with Gasteiger partial charge in [0.2, 0.25) is 0 Å². The number of hydrogen-bond acceptors (Lipinski definition) is 4. The van der Waals surface area contributed by atoms with Crippen LogP contribution in [-0.4, -0.2) is 43.2 Å². The zero-order chi connectivity index (χ0) is 17.0. The highest BCUT2D eigenvalue weighted by atomic mass is 32.1. The van der Waals surface area contributed by atoms with Crippen LogP contribution < -0.4 is 0 Å². The Morgan fingerprint density at radius 2 is 2.16 bits per heavy atom. The number of thiophene rings is 1. The molecule has 1 spiro atoms. The van der Waals surface area contributed by atoms with Crippen molar-refractivity contribution < 1.29 is 4.79 Å². The van der Waals surface area contributed by atoms with Gasteiger partial charge in [0.25, 0.3) is 5.91 Å². The third-order valence-electron chi connectivity index (χ3n) is 5.49. The largest absolute Gasteiger partial charge is 0.336 e. The number of aromatic nitrogens is 4. The molecule has 1 amide bonds. The van der Waals surface area contributed by atoms with E-state index in [-0.39, 0.29) is 11.3 Å². The maximum atomic E-state index is 12.7. The first-order valence-electron chi connectivity index (χ1n) is 8.55. The minimum absolute atomic E-state index is 0.0000497. The molecule has 0 N–H and O–H groups in total. The van der Waals surface area contributed by atoms with Gasteiger partial charge in [0, 0.05) is 38.3 Å². The Morgan fingerprint density at radius 3 is 2.92 bits per heavy atom. The molecule has 5 rings (SSSR count). The molecule has 0 saturated carbocycles. The third kappa shape index (κ3) is 2.18. The molecule has 1 saturated heterocycles. The number of carbonyl (C=O) groups excluding carboxylic acids is 1. The summed E-state index contributed by atoms with van der Waals surface area (Å²) >= 11 is 1.75. The van der Waals surface area contributed by atoms with Crippen molar-refractivity contribution in [3.63, 3.8) is 0 Å². The molecule has 0 radical (unpaired) electrons. The van der Waals surface area contributed by atoms with Crippen molar-refractivity contribution in [1.29, 1.82) is 0 Å². The van der Waals surface area contributed by atoms with Crippen molar-refractivity contribution in [2.24, 2.45) is 7.05 Å². The van der Waals surface area contributed by atoms with Crippen molar-refractivity contribution in [1.82, 2.24) is 24.2 Å². The van der Waals surface area contributed by atoms with E-state index in [4.69, 9.17) is 4.98 Å². The van der Waals surface area contributed by atoms with Crippen molar-refractivity contribution in [3.8, 4) is 10.6 Å². The number of nitrogens with zero attached hydrogens (tertiary/aromatic N) is 5. The van der Waals surface area contributed by atoms with Crippen molar-refractivity contribution >= 4 is 17.2 Å². The van der Waals surface area contributed by atoms with E-state index in [1.165, 1.54) is 10.6 Å². The van der Waals surface area contributed by atoms with Crippen LogP contribution in [0.4, 0.5) is 0 Å². The average Bonchev–Trinajstić information content (AvgIpc) is 3.39. The molecule has 0 aliphatic carbocycles. The highest BCUT2D eigenvalue weighted by Crippen LogP contribution is 2.44. The van der Waals surface area contributed by atoms with Crippen LogP contribution in [0.3, 0.4) is 0 Å².